The van der Waals surface area contributed by atoms with Gasteiger partial charge in [0, 0.05) is 17.8 Å². The van der Waals surface area contributed by atoms with Gasteiger partial charge < -0.3 is 4.74 Å². The number of thiophene rings is 1. The average Bonchev–Trinajstić information content (AvgIpc) is 3.13. The molecule has 0 aliphatic carbocycles. The van der Waals surface area contributed by atoms with Crippen molar-refractivity contribution in [3.8, 4) is 5.82 Å². The molecule has 0 spiro atoms. The summed E-state index contributed by atoms with van der Waals surface area (Å²) in [6.45, 7) is 6.35. The van der Waals surface area contributed by atoms with Gasteiger partial charge in [-0.05, 0) is 25.0 Å². The summed E-state index contributed by atoms with van der Waals surface area (Å²) < 4.78 is 6.82. The quantitative estimate of drug-likeness (QED) is 0.661. The van der Waals surface area contributed by atoms with Gasteiger partial charge in [0.15, 0.2) is 5.82 Å². The molecular weight excluding hydrogens is 324 g/mol. The molecule has 3 rings (SSSR count). The highest BCUT2D eigenvalue weighted by molar-refractivity contribution is 7.20. The highest BCUT2D eigenvalue weighted by atomic mass is 32.1. The smallest absolute Gasteiger partial charge is 0.348 e. The number of aromatic nitrogens is 4. The molecule has 0 N–H and O–H groups in total. The first kappa shape index (κ1) is 16.3. The Balaban J connectivity index is 2.15. The van der Waals surface area contributed by atoms with Gasteiger partial charge in [-0.15, -0.1) is 11.3 Å². The van der Waals surface area contributed by atoms with E-state index in [0.717, 1.165) is 15.9 Å². The summed E-state index contributed by atoms with van der Waals surface area (Å²) in [5, 5.41) is 5.53. The number of esters is 1. The first-order valence-corrected chi connectivity index (χ1v) is 8.56. The van der Waals surface area contributed by atoms with Gasteiger partial charge in [0.25, 0.3) is 0 Å². The predicted octanol–water partition coefficient (Wildman–Crippen LogP) is 3.72. The van der Waals surface area contributed by atoms with Crippen LogP contribution >= 0.6 is 11.3 Å². The van der Waals surface area contributed by atoms with Gasteiger partial charge in [-0.1, -0.05) is 19.9 Å². The summed E-state index contributed by atoms with van der Waals surface area (Å²) in [7, 11) is 0. The fourth-order valence-corrected chi connectivity index (χ4v) is 3.22. The van der Waals surface area contributed by atoms with Crippen LogP contribution in [0.1, 0.15) is 36.1 Å². The normalized spacial score (nSPS) is 11.7. The molecule has 0 fully saturated rings. The molecule has 3 aromatic rings. The van der Waals surface area contributed by atoms with Crippen LogP contribution in [-0.2, 0) is 4.74 Å². The van der Waals surface area contributed by atoms with E-state index < -0.39 is 0 Å². The molecule has 3 heterocycles. The van der Waals surface area contributed by atoms with E-state index in [1.807, 2.05) is 12.1 Å². The Kier molecular flexibility index (Phi) is 4.71. The van der Waals surface area contributed by atoms with Crippen LogP contribution in [0.2, 0.25) is 0 Å². The van der Waals surface area contributed by atoms with Gasteiger partial charge in [-0.25, -0.2) is 14.5 Å². The number of carbonyl (C=O) groups excluding carboxylic acids is 1. The van der Waals surface area contributed by atoms with E-state index in [4.69, 9.17) is 4.74 Å². The van der Waals surface area contributed by atoms with E-state index >= 15 is 0 Å². The summed E-state index contributed by atoms with van der Waals surface area (Å²) >= 11 is 1.35. The maximum Gasteiger partial charge on any atom is 0.348 e. The minimum absolute atomic E-state index is 0.316. The second-order valence-electron chi connectivity index (χ2n) is 5.51. The highest BCUT2D eigenvalue weighted by Gasteiger charge is 2.19. The standard InChI is InChI=1S/C17H18N4O2S/c1-4-23-17(22)14-9-12-13(6-5-11(2)3)20-21(16(12)24-14)15-10-18-7-8-19-15/h5-11H,4H2,1-3H3/b6-5+. The number of carbonyl (C=O) groups is 1. The third-order valence-corrected chi connectivity index (χ3v) is 4.36. The monoisotopic (exact) mass is 342 g/mol. The molecule has 0 aliphatic heterocycles. The molecule has 3 aromatic heterocycles. The van der Waals surface area contributed by atoms with Crippen molar-refractivity contribution in [3.05, 3.63) is 41.3 Å². The van der Waals surface area contributed by atoms with E-state index in [0.29, 0.717) is 23.2 Å². The van der Waals surface area contributed by atoms with Gasteiger partial charge in [0.05, 0.1) is 18.5 Å². The van der Waals surface area contributed by atoms with Crippen molar-refractivity contribution in [2.24, 2.45) is 5.92 Å². The number of rotatable bonds is 5. The maximum absolute atomic E-state index is 12.1. The Bertz CT molecular complexity index is 881. The van der Waals surface area contributed by atoms with Crippen molar-refractivity contribution in [3.63, 3.8) is 0 Å². The van der Waals surface area contributed by atoms with Crippen LogP contribution in [0.25, 0.3) is 22.1 Å². The first-order valence-electron chi connectivity index (χ1n) is 7.74. The van der Waals surface area contributed by atoms with Crippen LogP contribution in [0, 0.1) is 5.92 Å². The summed E-state index contributed by atoms with van der Waals surface area (Å²) in [4.78, 5) is 21.9. The Hall–Kier alpha value is -2.54. The Morgan fingerprint density at radius 1 is 1.42 bits per heavy atom. The van der Waals surface area contributed by atoms with Crippen molar-refractivity contribution in [1.82, 2.24) is 19.7 Å². The van der Waals surface area contributed by atoms with E-state index in [1.54, 1.807) is 30.2 Å². The number of ether oxygens (including phenoxy) is 1. The molecule has 24 heavy (non-hydrogen) atoms. The van der Waals surface area contributed by atoms with Crippen LogP contribution in [0.15, 0.2) is 30.7 Å². The van der Waals surface area contributed by atoms with E-state index in [-0.39, 0.29) is 5.97 Å². The Morgan fingerprint density at radius 2 is 2.25 bits per heavy atom. The van der Waals surface area contributed by atoms with E-state index in [9.17, 15) is 4.79 Å². The molecule has 6 nitrogen and oxygen atoms in total. The van der Waals surface area contributed by atoms with Crippen LogP contribution in [-0.4, -0.2) is 32.3 Å². The van der Waals surface area contributed by atoms with Gasteiger partial charge in [0.2, 0.25) is 0 Å². The SMILES string of the molecule is CCOC(=O)c1cc2c(/C=C/C(C)C)nn(-c3cnccn3)c2s1. The molecule has 0 aromatic carbocycles. The zero-order chi connectivity index (χ0) is 17.1. The molecular formula is C17H18N4O2S. The number of hydrogen-bond donors (Lipinski definition) is 0. The topological polar surface area (TPSA) is 69.9 Å². The molecule has 124 valence electrons. The van der Waals surface area contributed by atoms with Gasteiger partial charge in [-0.3, -0.25) is 4.98 Å². The molecule has 7 heteroatoms. The second-order valence-corrected chi connectivity index (χ2v) is 6.54. The Morgan fingerprint density at radius 3 is 2.92 bits per heavy atom. The van der Waals surface area contributed by atoms with Crippen LogP contribution in [0.4, 0.5) is 0 Å². The van der Waals surface area contributed by atoms with Crippen molar-refractivity contribution in [2.45, 2.75) is 20.8 Å². The summed E-state index contributed by atoms with van der Waals surface area (Å²) in [6, 6.07) is 1.83. The van der Waals surface area contributed by atoms with Crippen molar-refractivity contribution < 1.29 is 9.53 Å². The molecule has 0 radical (unpaired) electrons. The zero-order valence-electron chi connectivity index (χ0n) is 13.8. The molecule has 0 amide bonds. The highest BCUT2D eigenvalue weighted by Crippen LogP contribution is 2.31. The van der Waals surface area contributed by atoms with Gasteiger partial charge in [-0.2, -0.15) is 5.10 Å². The van der Waals surface area contributed by atoms with Crippen LogP contribution < -0.4 is 0 Å². The van der Waals surface area contributed by atoms with Crippen molar-refractivity contribution in [2.75, 3.05) is 6.61 Å². The lowest BCUT2D eigenvalue weighted by molar-refractivity contribution is 0.0532. The summed E-state index contributed by atoms with van der Waals surface area (Å²) in [6.07, 6.45) is 8.92. The lowest BCUT2D eigenvalue weighted by Crippen LogP contribution is -2.02. The Labute approximate surface area is 143 Å². The fraction of sp³-hybridized carbons (Fsp3) is 0.294. The average molecular weight is 342 g/mol. The van der Waals surface area contributed by atoms with Gasteiger partial charge >= 0.3 is 5.97 Å². The molecule has 0 aliphatic rings. The minimum Gasteiger partial charge on any atom is -0.462 e. The summed E-state index contributed by atoms with van der Waals surface area (Å²) in [5.41, 5.74) is 0.802. The number of nitrogens with zero attached hydrogens (tertiary/aromatic N) is 4. The third-order valence-electron chi connectivity index (χ3n) is 3.27. The number of allylic oxidation sites excluding steroid dienone is 1. The number of fused-ring (bicyclic) bond motifs is 1. The van der Waals surface area contributed by atoms with Crippen LogP contribution in [0.3, 0.4) is 0 Å². The third kappa shape index (κ3) is 3.21. The summed E-state index contributed by atoms with van der Waals surface area (Å²) in [5.74, 6) is 0.706. The lowest BCUT2D eigenvalue weighted by atomic mass is 10.2. The first-order chi connectivity index (χ1) is 11.6. The fourth-order valence-electron chi connectivity index (χ4n) is 2.19. The zero-order valence-corrected chi connectivity index (χ0v) is 14.6. The van der Waals surface area contributed by atoms with E-state index in [1.165, 1.54) is 11.3 Å². The second kappa shape index (κ2) is 6.92. The van der Waals surface area contributed by atoms with Crippen LogP contribution in [0.5, 0.6) is 0 Å². The molecule has 0 bridgehead atoms. The maximum atomic E-state index is 12.1. The molecule has 0 atom stereocenters. The molecule has 0 saturated heterocycles. The minimum atomic E-state index is -0.316. The van der Waals surface area contributed by atoms with Crippen molar-refractivity contribution in [1.29, 1.82) is 0 Å². The van der Waals surface area contributed by atoms with Gasteiger partial charge in [0.1, 0.15) is 9.71 Å². The van der Waals surface area contributed by atoms with Crippen molar-refractivity contribution >= 4 is 33.6 Å². The molecule has 0 saturated carbocycles. The predicted molar refractivity (Wildman–Crippen MR) is 94.4 cm³/mol. The van der Waals surface area contributed by atoms with E-state index in [2.05, 4.69) is 35.0 Å². The number of hydrogen-bond acceptors (Lipinski definition) is 6. The molecule has 0 unspecified atom stereocenters. The largest absolute Gasteiger partial charge is 0.462 e. The lowest BCUT2D eigenvalue weighted by Gasteiger charge is -2.00.